The van der Waals surface area contributed by atoms with Gasteiger partial charge in [0.2, 0.25) is 5.78 Å². The van der Waals surface area contributed by atoms with Crippen molar-refractivity contribution in [3.63, 3.8) is 0 Å². The highest BCUT2D eigenvalue weighted by atomic mass is 16.6. The number of esters is 1. The molecule has 0 aliphatic heterocycles. The van der Waals surface area contributed by atoms with Gasteiger partial charge in [0, 0.05) is 5.92 Å². The van der Waals surface area contributed by atoms with E-state index < -0.39 is 11.8 Å². The Bertz CT molecular complexity index is 295. The first-order valence-electron chi connectivity index (χ1n) is 5.17. The van der Waals surface area contributed by atoms with E-state index in [2.05, 4.69) is 9.47 Å². The molecule has 0 saturated heterocycles. The first-order valence-corrected chi connectivity index (χ1v) is 5.17. The average Bonchev–Trinajstić information content (AvgIpc) is 2.34. The van der Waals surface area contributed by atoms with Gasteiger partial charge in [-0.3, -0.25) is 9.59 Å². The molecule has 0 spiro atoms. The fraction of sp³-hybridized carbons (Fsp3) is 0.545. The van der Waals surface area contributed by atoms with Crippen molar-refractivity contribution in [1.29, 1.82) is 0 Å². The number of ketones is 1. The fourth-order valence-corrected chi connectivity index (χ4v) is 1.50. The first kappa shape index (κ1) is 12.4. The van der Waals surface area contributed by atoms with E-state index in [0.717, 1.165) is 6.42 Å². The molecule has 16 heavy (non-hydrogen) atoms. The van der Waals surface area contributed by atoms with Crippen LogP contribution in [0.5, 0.6) is 0 Å². The van der Waals surface area contributed by atoms with Crippen LogP contribution in [0.3, 0.4) is 0 Å². The van der Waals surface area contributed by atoms with Crippen molar-refractivity contribution in [3.05, 3.63) is 12.2 Å². The van der Waals surface area contributed by atoms with E-state index >= 15 is 0 Å². The van der Waals surface area contributed by atoms with Crippen LogP contribution in [0.15, 0.2) is 12.2 Å². The van der Waals surface area contributed by atoms with Gasteiger partial charge in [-0.15, -0.1) is 0 Å². The summed E-state index contributed by atoms with van der Waals surface area (Å²) in [6.45, 7) is 0.167. The van der Waals surface area contributed by atoms with Gasteiger partial charge in [0.15, 0.2) is 0 Å². The largest absolute Gasteiger partial charge is 0.464 e. The molecule has 0 heterocycles. The van der Waals surface area contributed by atoms with E-state index in [4.69, 9.17) is 0 Å². The number of hydrogen-bond donors (Lipinski definition) is 0. The number of rotatable bonds is 6. The SMILES string of the molecule is O=COCCOC(=O)C(=O)C1CC=CCC1. The van der Waals surface area contributed by atoms with Crippen LogP contribution in [0.2, 0.25) is 0 Å². The van der Waals surface area contributed by atoms with Gasteiger partial charge in [0.05, 0.1) is 0 Å². The zero-order valence-electron chi connectivity index (χ0n) is 8.89. The summed E-state index contributed by atoms with van der Waals surface area (Å²) in [5.41, 5.74) is 0. The molecule has 0 bridgehead atoms. The van der Waals surface area contributed by atoms with Gasteiger partial charge in [-0.25, -0.2) is 4.79 Å². The monoisotopic (exact) mass is 226 g/mol. The quantitative estimate of drug-likeness (QED) is 0.218. The van der Waals surface area contributed by atoms with Gasteiger partial charge in [-0.05, 0) is 19.3 Å². The molecule has 0 N–H and O–H groups in total. The third kappa shape index (κ3) is 3.84. The Labute approximate surface area is 93.4 Å². The number of Topliss-reactive ketones (excluding diaryl/α,β-unsaturated/α-hetero) is 1. The van der Waals surface area contributed by atoms with Gasteiger partial charge in [-0.1, -0.05) is 12.2 Å². The Kier molecular flexibility index (Phi) is 5.25. The van der Waals surface area contributed by atoms with Crippen LogP contribution >= 0.6 is 0 Å². The zero-order valence-corrected chi connectivity index (χ0v) is 8.89. The van der Waals surface area contributed by atoms with Crippen molar-refractivity contribution in [1.82, 2.24) is 0 Å². The topological polar surface area (TPSA) is 69.7 Å². The summed E-state index contributed by atoms with van der Waals surface area (Å²) in [7, 11) is 0. The Morgan fingerprint density at radius 3 is 2.75 bits per heavy atom. The Morgan fingerprint density at radius 2 is 2.12 bits per heavy atom. The maximum atomic E-state index is 11.5. The summed E-state index contributed by atoms with van der Waals surface area (Å²) in [4.78, 5) is 32.6. The van der Waals surface area contributed by atoms with Gasteiger partial charge in [0.25, 0.3) is 6.47 Å². The maximum Gasteiger partial charge on any atom is 0.375 e. The number of ether oxygens (including phenoxy) is 2. The lowest BCUT2D eigenvalue weighted by molar-refractivity contribution is -0.157. The summed E-state index contributed by atoms with van der Waals surface area (Å²) < 4.78 is 8.99. The fourth-order valence-electron chi connectivity index (χ4n) is 1.50. The highest BCUT2D eigenvalue weighted by molar-refractivity contribution is 6.34. The smallest absolute Gasteiger partial charge is 0.375 e. The molecule has 5 heteroatoms. The molecule has 0 fully saturated rings. The van der Waals surface area contributed by atoms with Crippen LogP contribution in [-0.4, -0.2) is 31.4 Å². The Hall–Kier alpha value is -1.65. The van der Waals surface area contributed by atoms with E-state index in [0.29, 0.717) is 12.8 Å². The van der Waals surface area contributed by atoms with E-state index in [1.54, 1.807) is 0 Å². The minimum absolute atomic E-state index is 0.0207. The van der Waals surface area contributed by atoms with Crippen LogP contribution in [0, 0.1) is 5.92 Å². The van der Waals surface area contributed by atoms with Crippen molar-refractivity contribution in [2.24, 2.45) is 5.92 Å². The molecule has 0 radical (unpaired) electrons. The Morgan fingerprint density at radius 1 is 1.31 bits per heavy atom. The molecular weight excluding hydrogens is 212 g/mol. The van der Waals surface area contributed by atoms with Crippen molar-refractivity contribution in [3.8, 4) is 0 Å². The highest BCUT2D eigenvalue weighted by Gasteiger charge is 2.26. The maximum absolute atomic E-state index is 11.5. The number of allylic oxidation sites excluding steroid dienone is 2. The summed E-state index contributed by atoms with van der Waals surface area (Å²) in [5.74, 6) is -1.59. The van der Waals surface area contributed by atoms with Crippen LogP contribution in [0.1, 0.15) is 19.3 Å². The predicted octanol–water partition coefficient (Wildman–Crippen LogP) is 0.628. The zero-order chi connectivity index (χ0) is 11.8. The minimum Gasteiger partial charge on any atom is -0.464 e. The molecule has 5 nitrogen and oxygen atoms in total. The van der Waals surface area contributed by atoms with Gasteiger partial charge >= 0.3 is 5.97 Å². The normalized spacial score (nSPS) is 18.9. The number of carbonyl (C=O) groups excluding carboxylic acids is 3. The second-order valence-electron chi connectivity index (χ2n) is 3.45. The van der Waals surface area contributed by atoms with E-state index in [9.17, 15) is 14.4 Å². The van der Waals surface area contributed by atoms with E-state index in [1.165, 1.54) is 0 Å². The lowest BCUT2D eigenvalue weighted by Gasteiger charge is -2.15. The minimum atomic E-state index is -0.838. The lowest BCUT2D eigenvalue weighted by Crippen LogP contribution is -2.27. The molecule has 0 aromatic rings. The van der Waals surface area contributed by atoms with Crippen LogP contribution in [0.4, 0.5) is 0 Å². The molecule has 0 saturated carbocycles. The van der Waals surface area contributed by atoms with Crippen LogP contribution in [0.25, 0.3) is 0 Å². The lowest BCUT2D eigenvalue weighted by atomic mass is 9.91. The van der Waals surface area contributed by atoms with Crippen LogP contribution < -0.4 is 0 Å². The van der Waals surface area contributed by atoms with Crippen molar-refractivity contribution >= 4 is 18.2 Å². The summed E-state index contributed by atoms with van der Waals surface area (Å²) in [6.07, 6.45) is 5.99. The summed E-state index contributed by atoms with van der Waals surface area (Å²) in [6, 6.07) is 0. The van der Waals surface area contributed by atoms with Crippen molar-refractivity contribution < 1.29 is 23.9 Å². The van der Waals surface area contributed by atoms with Gasteiger partial charge in [0.1, 0.15) is 13.2 Å². The van der Waals surface area contributed by atoms with Crippen molar-refractivity contribution in [2.45, 2.75) is 19.3 Å². The Balaban J connectivity index is 2.27. The van der Waals surface area contributed by atoms with Crippen molar-refractivity contribution in [2.75, 3.05) is 13.2 Å². The highest BCUT2D eigenvalue weighted by Crippen LogP contribution is 2.19. The summed E-state index contributed by atoms with van der Waals surface area (Å²) >= 11 is 0. The number of carbonyl (C=O) groups is 3. The van der Waals surface area contributed by atoms with Crippen LogP contribution in [-0.2, 0) is 23.9 Å². The molecule has 0 aromatic carbocycles. The predicted molar refractivity (Wildman–Crippen MR) is 54.5 cm³/mol. The third-order valence-electron chi connectivity index (χ3n) is 2.34. The molecule has 1 rings (SSSR count). The van der Waals surface area contributed by atoms with E-state index in [1.807, 2.05) is 12.2 Å². The van der Waals surface area contributed by atoms with Gasteiger partial charge < -0.3 is 9.47 Å². The van der Waals surface area contributed by atoms with E-state index in [-0.39, 0.29) is 25.6 Å². The molecule has 1 unspecified atom stereocenters. The summed E-state index contributed by atoms with van der Waals surface area (Å²) in [5, 5.41) is 0. The van der Waals surface area contributed by atoms with Gasteiger partial charge in [-0.2, -0.15) is 0 Å². The molecule has 0 amide bonds. The standard InChI is InChI=1S/C11H14O5/c12-8-15-6-7-16-11(14)10(13)9-4-2-1-3-5-9/h1-2,8-9H,3-7H2. The second kappa shape index (κ2) is 6.76. The molecule has 1 atom stereocenters. The first-order chi connectivity index (χ1) is 7.75. The second-order valence-corrected chi connectivity index (χ2v) is 3.45. The molecular formula is C11H14O5. The molecule has 1 aliphatic rings. The third-order valence-corrected chi connectivity index (χ3v) is 2.34. The molecule has 88 valence electrons. The number of hydrogen-bond acceptors (Lipinski definition) is 5. The molecule has 1 aliphatic carbocycles. The molecule has 0 aromatic heterocycles. The average molecular weight is 226 g/mol.